The summed E-state index contributed by atoms with van der Waals surface area (Å²) in [6.45, 7) is 1.42. The van der Waals surface area contributed by atoms with E-state index in [1.165, 1.54) is 26.4 Å². The lowest BCUT2D eigenvalue weighted by Gasteiger charge is -2.26. The fourth-order valence-corrected chi connectivity index (χ4v) is 4.28. The third kappa shape index (κ3) is 6.06. The summed E-state index contributed by atoms with van der Waals surface area (Å²) in [6, 6.07) is 8.25. The molecule has 2 aromatic carbocycles. The molecule has 0 bridgehead atoms. The van der Waals surface area contributed by atoms with Crippen LogP contribution in [0.4, 0.5) is 4.79 Å². The number of hydrogen-bond acceptors (Lipinski definition) is 6. The van der Waals surface area contributed by atoms with Crippen molar-refractivity contribution in [3.63, 3.8) is 0 Å². The molecule has 3 N–H and O–H groups in total. The summed E-state index contributed by atoms with van der Waals surface area (Å²) in [4.78, 5) is 51.4. The Kier molecular flexibility index (Phi) is 8.76. The van der Waals surface area contributed by atoms with E-state index in [2.05, 4.69) is 10.6 Å². The molecule has 1 aliphatic rings. The van der Waals surface area contributed by atoms with Crippen molar-refractivity contribution in [1.82, 2.24) is 15.5 Å². The Bertz CT molecular complexity index is 1170. The molecule has 2 atom stereocenters. The Hall–Kier alpha value is -3.79. The number of carboxylic acid groups (broad SMARTS) is 1. The number of methoxy groups -OCH3 is 2. The van der Waals surface area contributed by atoms with Gasteiger partial charge in [-0.05, 0) is 54.3 Å². The van der Waals surface area contributed by atoms with Crippen molar-refractivity contribution in [3.8, 4) is 11.5 Å². The van der Waals surface area contributed by atoms with E-state index >= 15 is 0 Å². The normalized spacial score (nSPS) is 16.6. The van der Waals surface area contributed by atoms with Crippen molar-refractivity contribution >= 4 is 35.4 Å². The lowest BCUT2D eigenvalue weighted by molar-refractivity contribution is -0.133. The summed E-state index contributed by atoms with van der Waals surface area (Å²) in [5, 5.41) is 15.4. The predicted molar refractivity (Wildman–Crippen MR) is 131 cm³/mol. The number of rotatable bonds is 8. The van der Waals surface area contributed by atoms with Crippen molar-refractivity contribution in [3.05, 3.63) is 58.1 Å². The Morgan fingerprint density at radius 1 is 1.17 bits per heavy atom. The van der Waals surface area contributed by atoms with Gasteiger partial charge in [0.2, 0.25) is 11.8 Å². The molecular weight excluding hydrogens is 490 g/mol. The number of benzene rings is 2. The number of halogens is 1. The first kappa shape index (κ1) is 26.8. The summed E-state index contributed by atoms with van der Waals surface area (Å²) < 4.78 is 10.5. The fraction of sp³-hybridized carbons (Fsp3) is 0.360. The van der Waals surface area contributed by atoms with E-state index in [1.807, 2.05) is 0 Å². The van der Waals surface area contributed by atoms with E-state index in [9.17, 15) is 24.3 Å². The lowest BCUT2D eigenvalue weighted by Crippen LogP contribution is -2.48. The van der Waals surface area contributed by atoms with Crippen LogP contribution in [0.5, 0.6) is 11.5 Å². The topological polar surface area (TPSA) is 134 Å². The minimum absolute atomic E-state index is 0.0504. The Labute approximate surface area is 213 Å². The number of ether oxygens (including phenoxy) is 2. The number of amides is 4. The number of carboxylic acids is 1. The van der Waals surface area contributed by atoms with Crippen molar-refractivity contribution < 1.29 is 33.8 Å². The first-order valence-electron chi connectivity index (χ1n) is 11.3. The first-order valence-corrected chi connectivity index (χ1v) is 11.7. The molecule has 0 radical (unpaired) electrons. The second-order valence-corrected chi connectivity index (χ2v) is 8.70. The van der Waals surface area contributed by atoms with Gasteiger partial charge in [-0.15, -0.1) is 0 Å². The summed E-state index contributed by atoms with van der Waals surface area (Å²) in [7, 11) is 2.87. The number of carbonyl (C=O) groups excluding carboxylic acids is 3. The minimum Gasteiger partial charge on any atom is -0.496 e. The van der Waals surface area contributed by atoms with Gasteiger partial charge in [0.25, 0.3) is 0 Å². The van der Waals surface area contributed by atoms with E-state index in [-0.39, 0.29) is 24.3 Å². The highest BCUT2D eigenvalue weighted by molar-refractivity contribution is 6.30. The SMILES string of the molecule is CCC(NC(=O)N1CC(=O)NCC(Cc2cc(Cl)ccc2OC)C1=O)c1ccc(OC)c(C(=O)O)c1. The van der Waals surface area contributed by atoms with Crippen molar-refractivity contribution in [2.75, 3.05) is 27.3 Å². The van der Waals surface area contributed by atoms with E-state index in [0.29, 0.717) is 28.3 Å². The van der Waals surface area contributed by atoms with Crippen LogP contribution in [0.3, 0.4) is 0 Å². The summed E-state index contributed by atoms with van der Waals surface area (Å²) >= 11 is 6.11. The Balaban J connectivity index is 1.83. The molecule has 0 saturated carbocycles. The molecule has 0 aromatic heterocycles. The average molecular weight is 518 g/mol. The van der Waals surface area contributed by atoms with Gasteiger partial charge in [-0.3, -0.25) is 14.5 Å². The van der Waals surface area contributed by atoms with Gasteiger partial charge in [0.1, 0.15) is 23.6 Å². The number of nitrogens with zero attached hydrogens (tertiary/aromatic N) is 1. The molecule has 0 aliphatic carbocycles. The van der Waals surface area contributed by atoms with Crippen LogP contribution >= 0.6 is 11.6 Å². The third-order valence-corrected chi connectivity index (χ3v) is 6.21. The zero-order valence-electron chi connectivity index (χ0n) is 20.2. The van der Waals surface area contributed by atoms with Crippen molar-refractivity contribution in [2.45, 2.75) is 25.8 Å². The summed E-state index contributed by atoms with van der Waals surface area (Å²) in [5.74, 6) is -2.17. The molecule has 3 rings (SSSR count). The van der Waals surface area contributed by atoms with E-state index in [1.54, 1.807) is 31.2 Å². The minimum atomic E-state index is -1.17. The molecule has 1 fully saturated rings. The highest BCUT2D eigenvalue weighted by Crippen LogP contribution is 2.28. The molecular formula is C25H28ClN3O7. The molecule has 1 saturated heterocycles. The van der Waals surface area contributed by atoms with Crippen molar-refractivity contribution in [2.24, 2.45) is 5.92 Å². The van der Waals surface area contributed by atoms with Gasteiger partial charge in [-0.2, -0.15) is 0 Å². The molecule has 2 unspecified atom stereocenters. The van der Waals surface area contributed by atoms with Crippen LogP contribution in [0.15, 0.2) is 36.4 Å². The molecule has 0 spiro atoms. The number of urea groups is 1. The maximum absolute atomic E-state index is 13.4. The zero-order chi connectivity index (χ0) is 26.4. The average Bonchev–Trinajstić information content (AvgIpc) is 3.00. The van der Waals surface area contributed by atoms with Crippen molar-refractivity contribution in [1.29, 1.82) is 0 Å². The molecule has 4 amide bonds. The number of hydrogen-bond donors (Lipinski definition) is 3. The summed E-state index contributed by atoms with van der Waals surface area (Å²) in [5.41, 5.74) is 1.14. The third-order valence-electron chi connectivity index (χ3n) is 5.98. The van der Waals surface area contributed by atoms with Gasteiger partial charge in [0.05, 0.1) is 26.2 Å². The number of nitrogens with one attached hydrogen (secondary N) is 2. The van der Waals surface area contributed by atoms with E-state index < -0.39 is 42.3 Å². The van der Waals surface area contributed by atoms with Gasteiger partial charge in [0.15, 0.2) is 0 Å². The molecule has 11 heteroatoms. The van der Waals surface area contributed by atoms with E-state index in [4.69, 9.17) is 21.1 Å². The number of aromatic carboxylic acids is 1. The van der Waals surface area contributed by atoms with Gasteiger partial charge in [-0.25, -0.2) is 9.59 Å². The van der Waals surface area contributed by atoms with Gasteiger partial charge in [0, 0.05) is 11.6 Å². The van der Waals surface area contributed by atoms with Crippen LogP contribution in [0, 0.1) is 5.92 Å². The maximum atomic E-state index is 13.4. The lowest BCUT2D eigenvalue weighted by atomic mass is 9.97. The molecule has 192 valence electrons. The number of imide groups is 1. The smallest absolute Gasteiger partial charge is 0.339 e. The highest BCUT2D eigenvalue weighted by atomic mass is 35.5. The number of carbonyl (C=O) groups is 4. The second-order valence-electron chi connectivity index (χ2n) is 8.26. The largest absolute Gasteiger partial charge is 0.496 e. The fourth-order valence-electron chi connectivity index (χ4n) is 4.08. The molecule has 1 heterocycles. The first-order chi connectivity index (χ1) is 17.2. The molecule has 2 aromatic rings. The molecule has 1 aliphatic heterocycles. The quantitative estimate of drug-likeness (QED) is 0.490. The molecule has 10 nitrogen and oxygen atoms in total. The summed E-state index contributed by atoms with van der Waals surface area (Å²) in [6.07, 6.45) is 0.610. The van der Waals surface area contributed by atoms with Crippen LogP contribution in [0.25, 0.3) is 0 Å². The standard InChI is InChI=1S/C25H28ClN3O7/c1-4-19(14-5-7-21(36-3)18(11-14)24(32)33)28-25(34)29-13-22(30)27-12-16(23(29)31)9-15-10-17(26)6-8-20(15)35-2/h5-8,10-11,16,19H,4,9,12-13H2,1-3H3,(H,27,30)(H,28,34)(H,32,33). The van der Waals surface area contributed by atoms with Crippen LogP contribution in [0.2, 0.25) is 5.02 Å². The van der Waals surface area contributed by atoms with Gasteiger partial charge in [-0.1, -0.05) is 24.6 Å². The van der Waals surface area contributed by atoms with E-state index in [0.717, 1.165) is 4.90 Å². The monoisotopic (exact) mass is 517 g/mol. The predicted octanol–water partition coefficient (Wildman–Crippen LogP) is 3.03. The van der Waals surface area contributed by atoms with Crippen LogP contribution < -0.4 is 20.1 Å². The van der Waals surface area contributed by atoms with Crippen LogP contribution in [-0.4, -0.2) is 61.1 Å². The van der Waals surface area contributed by atoms with Gasteiger partial charge >= 0.3 is 12.0 Å². The maximum Gasteiger partial charge on any atom is 0.339 e. The van der Waals surface area contributed by atoms with Crippen LogP contribution in [0.1, 0.15) is 40.9 Å². The van der Waals surface area contributed by atoms with Gasteiger partial charge < -0.3 is 25.2 Å². The second kappa shape index (κ2) is 11.8. The Morgan fingerprint density at radius 2 is 1.86 bits per heavy atom. The van der Waals surface area contributed by atoms with Crippen LogP contribution in [-0.2, 0) is 16.0 Å². The zero-order valence-corrected chi connectivity index (χ0v) is 20.9. The molecule has 36 heavy (non-hydrogen) atoms. The highest BCUT2D eigenvalue weighted by Gasteiger charge is 2.35. The Morgan fingerprint density at radius 3 is 2.50 bits per heavy atom.